The maximum atomic E-state index is 12.2. The zero-order valence-electron chi connectivity index (χ0n) is 15.6. The molecule has 6 heteroatoms. The van der Waals surface area contributed by atoms with Gasteiger partial charge in [-0.3, -0.25) is 20.4 Å². The Hall–Kier alpha value is -3.02. The van der Waals surface area contributed by atoms with E-state index in [9.17, 15) is 9.59 Å². The van der Waals surface area contributed by atoms with Crippen molar-refractivity contribution >= 4 is 11.8 Å². The molecule has 0 aliphatic heterocycles. The minimum absolute atomic E-state index is 0.341. The summed E-state index contributed by atoms with van der Waals surface area (Å²) in [6.07, 6.45) is 2.42. The Kier molecular flexibility index (Phi) is 5.96. The number of hydrogen-bond acceptors (Lipinski definition) is 4. The molecule has 0 saturated carbocycles. The summed E-state index contributed by atoms with van der Waals surface area (Å²) in [5.41, 5.74) is 7.90. The van der Waals surface area contributed by atoms with E-state index in [4.69, 9.17) is 9.47 Å². The Morgan fingerprint density at radius 2 is 1.70 bits per heavy atom. The molecule has 142 valence electrons. The fourth-order valence-electron chi connectivity index (χ4n) is 3.04. The van der Waals surface area contributed by atoms with Crippen LogP contribution in [-0.2, 0) is 17.6 Å². The molecule has 1 aliphatic carbocycles. The van der Waals surface area contributed by atoms with Gasteiger partial charge in [-0.2, -0.15) is 0 Å². The van der Waals surface area contributed by atoms with Crippen LogP contribution in [0.1, 0.15) is 41.8 Å². The fraction of sp³-hybridized carbons (Fsp3) is 0.333. The molecular weight excluding hydrogens is 344 g/mol. The third-order valence-electron chi connectivity index (χ3n) is 4.48. The highest BCUT2D eigenvalue weighted by Crippen LogP contribution is 2.22. The van der Waals surface area contributed by atoms with Crippen molar-refractivity contribution in [2.75, 3.05) is 6.61 Å². The summed E-state index contributed by atoms with van der Waals surface area (Å²) in [5, 5.41) is 0. The number of hydrogen-bond donors (Lipinski definition) is 2. The Bertz CT molecular complexity index is 817. The maximum Gasteiger partial charge on any atom is 0.279 e. The first-order chi connectivity index (χ1) is 13.1. The molecule has 1 aliphatic rings. The van der Waals surface area contributed by atoms with Crippen LogP contribution in [0.3, 0.4) is 0 Å². The fourth-order valence-corrected chi connectivity index (χ4v) is 3.04. The first kappa shape index (κ1) is 18.8. The number of hydrazine groups is 1. The molecule has 3 rings (SSSR count). The van der Waals surface area contributed by atoms with Crippen molar-refractivity contribution in [3.63, 3.8) is 0 Å². The van der Waals surface area contributed by atoms with Crippen LogP contribution in [0.5, 0.6) is 11.5 Å². The summed E-state index contributed by atoms with van der Waals surface area (Å²) in [7, 11) is 0. The molecule has 0 saturated heterocycles. The number of rotatable bonds is 6. The Balaban J connectivity index is 1.50. The second kappa shape index (κ2) is 8.58. The molecule has 0 unspecified atom stereocenters. The van der Waals surface area contributed by atoms with Gasteiger partial charge in [0.1, 0.15) is 11.5 Å². The zero-order chi connectivity index (χ0) is 19.2. The first-order valence-electron chi connectivity index (χ1n) is 9.18. The minimum atomic E-state index is -0.761. The first-order valence-corrected chi connectivity index (χ1v) is 9.18. The lowest BCUT2D eigenvalue weighted by molar-refractivity contribution is -0.128. The van der Waals surface area contributed by atoms with E-state index in [1.165, 1.54) is 11.1 Å². The number of nitrogens with one attached hydrogen (secondary N) is 2. The van der Waals surface area contributed by atoms with E-state index in [2.05, 4.69) is 10.9 Å². The van der Waals surface area contributed by atoms with Crippen molar-refractivity contribution in [3.05, 3.63) is 59.2 Å². The SMILES string of the molecule is CCOc1ccc(O[C@@H](C)C(=O)NNC(=O)c2ccc3c(c2)CCC3)cc1. The number of aryl methyl sites for hydroxylation is 2. The number of carbonyl (C=O) groups is 2. The average Bonchev–Trinajstić information content (AvgIpc) is 3.15. The molecule has 0 radical (unpaired) electrons. The van der Waals surface area contributed by atoms with Crippen LogP contribution in [0.15, 0.2) is 42.5 Å². The van der Waals surface area contributed by atoms with Gasteiger partial charge in [0.05, 0.1) is 6.61 Å². The van der Waals surface area contributed by atoms with Gasteiger partial charge in [0.25, 0.3) is 11.8 Å². The lowest BCUT2D eigenvalue weighted by Crippen LogP contribution is -2.47. The summed E-state index contributed by atoms with van der Waals surface area (Å²) < 4.78 is 11.0. The number of benzene rings is 2. The van der Waals surface area contributed by atoms with Gasteiger partial charge in [0.2, 0.25) is 0 Å². The zero-order valence-corrected chi connectivity index (χ0v) is 15.6. The highest BCUT2D eigenvalue weighted by molar-refractivity contribution is 5.96. The molecule has 0 heterocycles. The molecule has 0 spiro atoms. The van der Waals surface area contributed by atoms with Crippen molar-refractivity contribution in [1.82, 2.24) is 10.9 Å². The van der Waals surface area contributed by atoms with Crippen LogP contribution in [0.4, 0.5) is 0 Å². The highest BCUT2D eigenvalue weighted by Gasteiger charge is 2.17. The molecule has 2 amide bonds. The lowest BCUT2D eigenvalue weighted by atomic mass is 10.1. The third-order valence-corrected chi connectivity index (χ3v) is 4.48. The summed E-state index contributed by atoms with van der Waals surface area (Å²) >= 11 is 0. The van der Waals surface area contributed by atoms with Crippen LogP contribution in [0.25, 0.3) is 0 Å². The van der Waals surface area contributed by atoms with E-state index in [-0.39, 0.29) is 5.91 Å². The van der Waals surface area contributed by atoms with E-state index in [0.29, 0.717) is 17.9 Å². The summed E-state index contributed by atoms with van der Waals surface area (Å²) in [5.74, 6) is 0.513. The molecule has 27 heavy (non-hydrogen) atoms. The van der Waals surface area contributed by atoms with Gasteiger partial charge < -0.3 is 9.47 Å². The highest BCUT2D eigenvalue weighted by atomic mass is 16.5. The standard InChI is InChI=1S/C21H24N2O4/c1-3-26-18-9-11-19(12-10-18)27-14(2)20(24)22-23-21(25)17-8-7-15-5-4-6-16(15)13-17/h7-14H,3-6H2,1-2H3,(H,22,24)(H,23,25)/t14-/m0/s1. The van der Waals surface area contributed by atoms with Crippen molar-refractivity contribution < 1.29 is 19.1 Å². The molecule has 2 N–H and O–H groups in total. The summed E-state index contributed by atoms with van der Waals surface area (Å²) in [4.78, 5) is 24.4. The largest absolute Gasteiger partial charge is 0.494 e. The smallest absolute Gasteiger partial charge is 0.279 e. The average molecular weight is 368 g/mol. The van der Waals surface area contributed by atoms with Gasteiger partial charge in [0, 0.05) is 5.56 Å². The van der Waals surface area contributed by atoms with Gasteiger partial charge in [-0.15, -0.1) is 0 Å². The summed E-state index contributed by atoms with van der Waals surface area (Å²) in [6.45, 7) is 4.12. The Labute approximate surface area is 158 Å². The van der Waals surface area contributed by atoms with Gasteiger partial charge in [-0.1, -0.05) is 6.07 Å². The molecule has 1 atom stereocenters. The Morgan fingerprint density at radius 3 is 2.44 bits per heavy atom. The molecular formula is C21H24N2O4. The topological polar surface area (TPSA) is 76.7 Å². The Morgan fingerprint density at radius 1 is 1.00 bits per heavy atom. The van der Waals surface area contributed by atoms with E-state index in [1.807, 2.05) is 19.1 Å². The van der Waals surface area contributed by atoms with Crippen molar-refractivity contribution in [1.29, 1.82) is 0 Å². The van der Waals surface area contributed by atoms with Crippen molar-refractivity contribution in [2.45, 2.75) is 39.2 Å². The monoisotopic (exact) mass is 368 g/mol. The van der Waals surface area contributed by atoms with E-state index >= 15 is 0 Å². The second-order valence-electron chi connectivity index (χ2n) is 6.44. The van der Waals surface area contributed by atoms with Crippen LogP contribution in [-0.4, -0.2) is 24.5 Å². The van der Waals surface area contributed by atoms with Crippen LogP contribution in [0, 0.1) is 0 Å². The predicted octanol–water partition coefficient (Wildman–Crippen LogP) is 2.80. The number of amides is 2. The van der Waals surface area contributed by atoms with Gasteiger partial charge >= 0.3 is 0 Å². The van der Waals surface area contributed by atoms with Crippen LogP contribution < -0.4 is 20.3 Å². The maximum absolute atomic E-state index is 12.2. The molecule has 2 aromatic carbocycles. The van der Waals surface area contributed by atoms with Crippen molar-refractivity contribution in [3.8, 4) is 11.5 Å². The molecule has 6 nitrogen and oxygen atoms in total. The van der Waals surface area contributed by atoms with Gasteiger partial charge in [0.15, 0.2) is 6.10 Å². The normalized spacial score (nSPS) is 13.4. The van der Waals surface area contributed by atoms with E-state index in [1.54, 1.807) is 37.3 Å². The molecule has 2 aromatic rings. The molecule has 0 aromatic heterocycles. The van der Waals surface area contributed by atoms with Gasteiger partial charge in [-0.25, -0.2) is 0 Å². The van der Waals surface area contributed by atoms with Crippen molar-refractivity contribution in [2.24, 2.45) is 0 Å². The predicted molar refractivity (Wildman–Crippen MR) is 102 cm³/mol. The third kappa shape index (κ3) is 4.78. The quantitative estimate of drug-likeness (QED) is 0.769. The number of ether oxygens (including phenoxy) is 2. The lowest BCUT2D eigenvalue weighted by Gasteiger charge is -2.15. The van der Waals surface area contributed by atoms with Crippen LogP contribution >= 0.6 is 0 Å². The summed E-state index contributed by atoms with van der Waals surface area (Å²) in [6, 6.07) is 12.7. The van der Waals surface area contributed by atoms with E-state index < -0.39 is 12.0 Å². The van der Waals surface area contributed by atoms with Crippen LogP contribution in [0.2, 0.25) is 0 Å². The molecule has 0 fully saturated rings. The second-order valence-corrected chi connectivity index (χ2v) is 6.44. The van der Waals surface area contributed by atoms with Gasteiger partial charge in [-0.05, 0) is 80.6 Å². The number of fused-ring (bicyclic) bond motifs is 1. The molecule has 0 bridgehead atoms. The number of carbonyl (C=O) groups excluding carboxylic acids is 2. The van der Waals surface area contributed by atoms with E-state index in [0.717, 1.165) is 25.0 Å². The minimum Gasteiger partial charge on any atom is -0.494 e.